The summed E-state index contributed by atoms with van der Waals surface area (Å²) in [4.78, 5) is 8.75. The van der Waals surface area contributed by atoms with Crippen molar-refractivity contribution in [3.05, 3.63) is 59.4 Å². The van der Waals surface area contributed by atoms with E-state index in [1.807, 2.05) is 24.5 Å². The smallest absolute Gasteiger partial charge is 0.191 e. The summed E-state index contributed by atoms with van der Waals surface area (Å²) in [5.41, 5.74) is 3.73. The molecule has 2 rings (SSSR count). The Morgan fingerprint density at radius 3 is 2.58 bits per heavy atom. The number of nitrogens with zero attached hydrogens (tertiary/aromatic N) is 2. The van der Waals surface area contributed by atoms with E-state index in [1.54, 1.807) is 0 Å². The van der Waals surface area contributed by atoms with Crippen LogP contribution in [0.15, 0.2) is 47.7 Å². The van der Waals surface area contributed by atoms with Gasteiger partial charge in [-0.1, -0.05) is 17.7 Å². The monoisotopic (exact) mass is 468 g/mol. The van der Waals surface area contributed by atoms with Crippen LogP contribution >= 0.6 is 24.0 Å². The molecule has 0 unspecified atom stereocenters. The third-order valence-corrected chi connectivity index (χ3v) is 3.82. The third-order valence-electron chi connectivity index (χ3n) is 3.82. The van der Waals surface area contributed by atoms with Gasteiger partial charge in [0.2, 0.25) is 0 Å². The van der Waals surface area contributed by atoms with Crippen LogP contribution in [0.25, 0.3) is 0 Å². The number of hydrogen-bond acceptors (Lipinski definition) is 3. The summed E-state index contributed by atoms with van der Waals surface area (Å²) >= 11 is 0. The van der Waals surface area contributed by atoms with Gasteiger partial charge < -0.3 is 15.4 Å². The zero-order valence-corrected chi connectivity index (χ0v) is 18.1. The van der Waals surface area contributed by atoms with Crippen molar-refractivity contribution in [2.75, 3.05) is 26.2 Å². The first-order chi connectivity index (χ1) is 12.2. The predicted octanol–water partition coefficient (Wildman–Crippen LogP) is 3.49. The second kappa shape index (κ2) is 12.5. The molecule has 0 radical (unpaired) electrons. The van der Waals surface area contributed by atoms with E-state index in [0.717, 1.165) is 31.2 Å². The zero-order valence-electron chi connectivity index (χ0n) is 15.8. The van der Waals surface area contributed by atoms with Crippen LogP contribution < -0.4 is 15.4 Å². The van der Waals surface area contributed by atoms with Gasteiger partial charge in [-0.05, 0) is 56.5 Å². The Morgan fingerprint density at radius 1 is 1.12 bits per heavy atom. The Balaban J connectivity index is 0.00000338. The number of rotatable bonds is 8. The van der Waals surface area contributed by atoms with Crippen LogP contribution in [0, 0.1) is 13.8 Å². The minimum Gasteiger partial charge on any atom is -0.492 e. The van der Waals surface area contributed by atoms with Crippen LogP contribution in [0.2, 0.25) is 0 Å². The first kappa shape index (κ1) is 22.2. The molecular weight excluding hydrogens is 439 g/mol. The zero-order chi connectivity index (χ0) is 17.9. The number of ether oxygens (including phenoxy) is 1. The molecule has 0 fully saturated rings. The number of aromatic nitrogens is 1. The highest BCUT2D eigenvalue weighted by atomic mass is 127. The molecule has 0 saturated heterocycles. The fourth-order valence-corrected chi connectivity index (χ4v) is 2.39. The minimum atomic E-state index is 0. The van der Waals surface area contributed by atoms with Crippen molar-refractivity contribution >= 4 is 29.9 Å². The summed E-state index contributed by atoms with van der Waals surface area (Å²) in [6, 6.07) is 10.1. The summed E-state index contributed by atoms with van der Waals surface area (Å²) in [5.74, 6) is 1.71. The van der Waals surface area contributed by atoms with Crippen LogP contribution in [-0.2, 0) is 6.42 Å². The van der Waals surface area contributed by atoms with Gasteiger partial charge in [0.1, 0.15) is 12.4 Å². The van der Waals surface area contributed by atoms with Crippen LogP contribution in [0.4, 0.5) is 0 Å². The molecule has 1 heterocycles. The minimum absolute atomic E-state index is 0. The maximum atomic E-state index is 5.73. The van der Waals surface area contributed by atoms with Gasteiger partial charge >= 0.3 is 0 Å². The Labute approximate surface area is 173 Å². The third kappa shape index (κ3) is 8.03. The number of pyridine rings is 1. The van der Waals surface area contributed by atoms with Crippen molar-refractivity contribution in [1.29, 1.82) is 0 Å². The second-order valence-corrected chi connectivity index (χ2v) is 5.90. The predicted molar refractivity (Wildman–Crippen MR) is 119 cm³/mol. The van der Waals surface area contributed by atoms with Gasteiger partial charge in [-0.3, -0.25) is 9.98 Å². The van der Waals surface area contributed by atoms with Gasteiger partial charge in [-0.25, -0.2) is 0 Å². The SMILES string of the molecule is CCNC(=NCCc1ccncc1C)NCCOc1ccc(C)cc1.I. The normalized spacial score (nSPS) is 10.8. The molecule has 1 aromatic heterocycles. The molecule has 0 spiro atoms. The molecule has 6 heteroatoms. The summed E-state index contributed by atoms with van der Waals surface area (Å²) in [6.45, 7) is 9.08. The van der Waals surface area contributed by atoms with Crippen molar-refractivity contribution in [2.24, 2.45) is 4.99 Å². The molecule has 0 aliphatic heterocycles. The summed E-state index contributed by atoms with van der Waals surface area (Å²) in [5, 5.41) is 6.57. The molecule has 5 nitrogen and oxygen atoms in total. The number of hydrogen-bond donors (Lipinski definition) is 2. The topological polar surface area (TPSA) is 58.5 Å². The van der Waals surface area contributed by atoms with Crippen LogP contribution in [0.5, 0.6) is 5.75 Å². The molecule has 2 N–H and O–H groups in total. The number of benzene rings is 1. The molecule has 26 heavy (non-hydrogen) atoms. The van der Waals surface area contributed by atoms with E-state index in [0.29, 0.717) is 13.2 Å². The van der Waals surface area contributed by atoms with Crippen LogP contribution in [0.3, 0.4) is 0 Å². The lowest BCUT2D eigenvalue weighted by molar-refractivity contribution is 0.322. The molecule has 2 aromatic rings. The molecule has 0 atom stereocenters. The van der Waals surface area contributed by atoms with Crippen molar-refractivity contribution in [3.8, 4) is 5.75 Å². The molecule has 142 valence electrons. The van der Waals surface area contributed by atoms with Gasteiger partial charge in [0.25, 0.3) is 0 Å². The van der Waals surface area contributed by atoms with E-state index < -0.39 is 0 Å². The number of nitrogens with one attached hydrogen (secondary N) is 2. The van der Waals surface area contributed by atoms with Crippen molar-refractivity contribution in [3.63, 3.8) is 0 Å². The molecule has 0 aliphatic rings. The molecule has 1 aromatic carbocycles. The van der Waals surface area contributed by atoms with E-state index in [9.17, 15) is 0 Å². The lowest BCUT2D eigenvalue weighted by Crippen LogP contribution is -2.39. The van der Waals surface area contributed by atoms with Crippen molar-refractivity contribution in [1.82, 2.24) is 15.6 Å². The Hall–Kier alpha value is -1.83. The van der Waals surface area contributed by atoms with E-state index in [1.165, 1.54) is 16.7 Å². The summed E-state index contributed by atoms with van der Waals surface area (Å²) in [6.07, 6.45) is 4.63. The highest BCUT2D eigenvalue weighted by Crippen LogP contribution is 2.10. The van der Waals surface area contributed by atoms with Gasteiger partial charge in [-0.15, -0.1) is 24.0 Å². The van der Waals surface area contributed by atoms with Crippen molar-refractivity contribution < 1.29 is 4.74 Å². The standard InChI is InChI=1S/C20H28N4O.HI/c1-4-22-20(23-12-10-18-9-11-21-15-17(18)3)24-13-14-25-19-7-5-16(2)6-8-19;/h5-9,11,15H,4,10,12-14H2,1-3H3,(H2,22,23,24);1H. The fraction of sp³-hybridized carbons (Fsp3) is 0.400. The molecular formula is C20H29IN4O. The lowest BCUT2D eigenvalue weighted by atomic mass is 10.1. The highest BCUT2D eigenvalue weighted by molar-refractivity contribution is 14.0. The first-order valence-electron chi connectivity index (χ1n) is 8.80. The second-order valence-electron chi connectivity index (χ2n) is 5.90. The van der Waals surface area contributed by atoms with Crippen LogP contribution in [0.1, 0.15) is 23.6 Å². The lowest BCUT2D eigenvalue weighted by Gasteiger charge is -2.12. The number of halogens is 1. The average Bonchev–Trinajstić information content (AvgIpc) is 2.62. The van der Waals surface area contributed by atoms with E-state index in [-0.39, 0.29) is 24.0 Å². The molecule has 0 amide bonds. The molecule has 0 aliphatic carbocycles. The van der Waals surface area contributed by atoms with Crippen LogP contribution in [-0.4, -0.2) is 37.2 Å². The fourth-order valence-electron chi connectivity index (χ4n) is 2.39. The van der Waals surface area contributed by atoms with E-state index in [4.69, 9.17) is 4.74 Å². The first-order valence-corrected chi connectivity index (χ1v) is 8.80. The number of aliphatic imine (C=N–C) groups is 1. The average molecular weight is 468 g/mol. The van der Waals surface area contributed by atoms with Gasteiger partial charge in [-0.2, -0.15) is 0 Å². The highest BCUT2D eigenvalue weighted by Gasteiger charge is 2.00. The van der Waals surface area contributed by atoms with Gasteiger partial charge in [0.05, 0.1) is 6.54 Å². The maximum Gasteiger partial charge on any atom is 0.191 e. The maximum absolute atomic E-state index is 5.73. The molecule has 0 saturated carbocycles. The van der Waals surface area contributed by atoms with E-state index >= 15 is 0 Å². The molecule has 0 bridgehead atoms. The Bertz CT molecular complexity index is 674. The van der Waals surface area contributed by atoms with Gasteiger partial charge in [0, 0.05) is 25.5 Å². The number of guanidine groups is 1. The van der Waals surface area contributed by atoms with E-state index in [2.05, 4.69) is 59.6 Å². The number of aryl methyl sites for hydroxylation is 2. The largest absolute Gasteiger partial charge is 0.492 e. The summed E-state index contributed by atoms with van der Waals surface area (Å²) < 4.78 is 5.73. The Morgan fingerprint density at radius 2 is 1.88 bits per heavy atom. The quantitative estimate of drug-likeness (QED) is 0.270. The van der Waals surface area contributed by atoms with Crippen molar-refractivity contribution in [2.45, 2.75) is 27.2 Å². The summed E-state index contributed by atoms with van der Waals surface area (Å²) in [7, 11) is 0. The van der Waals surface area contributed by atoms with Gasteiger partial charge in [0.15, 0.2) is 5.96 Å². The Kier molecular flexibility index (Phi) is 10.7.